The minimum Gasteiger partial charge on any atom is -0.316 e. The van der Waals surface area contributed by atoms with Crippen LogP contribution in [0.4, 0.5) is 0 Å². The Kier molecular flexibility index (Phi) is 3.08. The number of piperidine rings is 1. The molecule has 2 aliphatic rings. The number of rotatable bonds is 2. The van der Waals surface area contributed by atoms with Crippen molar-refractivity contribution in [2.75, 3.05) is 19.6 Å². The van der Waals surface area contributed by atoms with E-state index >= 15 is 0 Å². The summed E-state index contributed by atoms with van der Waals surface area (Å²) >= 11 is 0. The lowest BCUT2D eigenvalue weighted by Crippen LogP contribution is -2.47. The smallest absolute Gasteiger partial charge is 0.256 e. The van der Waals surface area contributed by atoms with Crippen molar-refractivity contribution in [3.63, 3.8) is 0 Å². The first-order valence-electron chi connectivity index (χ1n) is 6.19. The van der Waals surface area contributed by atoms with Crippen LogP contribution < -0.4 is 5.32 Å². The van der Waals surface area contributed by atoms with Crippen molar-refractivity contribution in [2.24, 2.45) is 5.41 Å². The fourth-order valence-electron chi connectivity index (χ4n) is 2.60. The van der Waals surface area contributed by atoms with Gasteiger partial charge in [-0.15, -0.1) is 0 Å². The third kappa shape index (κ3) is 2.14. The van der Waals surface area contributed by atoms with Gasteiger partial charge in [0.25, 0.3) is 11.8 Å². The molecule has 0 spiro atoms. The molecule has 1 saturated heterocycles. The lowest BCUT2D eigenvalue weighted by Gasteiger charge is -2.36. The van der Waals surface area contributed by atoms with Crippen molar-refractivity contribution in [3.05, 3.63) is 11.1 Å². The number of carbonyl (C=O) groups excluding carboxylic acids is 2. The second kappa shape index (κ2) is 4.26. The lowest BCUT2D eigenvalue weighted by atomic mass is 9.82. The summed E-state index contributed by atoms with van der Waals surface area (Å²) in [5.41, 5.74) is 1.22. The molecular formula is C13H20N2O2. The molecule has 0 aromatic rings. The quantitative estimate of drug-likeness (QED) is 0.730. The number of hydrogen-bond acceptors (Lipinski definition) is 3. The number of amides is 2. The average Bonchev–Trinajstić information content (AvgIpc) is 2.48. The predicted molar refractivity (Wildman–Crippen MR) is 65.3 cm³/mol. The predicted octanol–water partition coefficient (Wildman–Crippen LogP) is 1.08. The van der Waals surface area contributed by atoms with E-state index in [-0.39, 0.29) is 17.2 Å². The van der Waals surface area contributed by atoms with Crippen LogP contribution in [0.15, 0.2) is 11.1 Å². The van der Waals surface area contributed by atoms with Gasteiger partial charge in [-0.1, -0.05) is 6.92 Å². The van der Waals surface area contributed by atoms with Crippen LogP contribution in [-0.4, -0.2) is 36.3 Å². The Morgan fingerprint density at radius 2 is 1.82 bits per heavy atom. The molecule has 0 saturated carbocycles. The van der Waals surface area contributed by atoms with Gasteiger partial charge in [0.1, 0.15) is 0 Å². The topological polar surface area (TPSA) is 49.4 Å². The van der Waals surface area contributed by atoms with E-state index in [1.54, 1.807) is 13.8 Å². The summed E-state index contributed by atoms with van der Waals surface area (Å²) in [6.07, 6.45) is 2.17. The molecule has 2 amide bonds. The zero-order valence-corrected chi connectivity index (χ0v) is 10.8. The SMILES string of the molecule is CC1=C(C)C(=O)N(CC2(C)CCCNC2)C1=O. The molecule has 2 rings (SSSR count). The number of carbonyl (C=O) groups is 2. The van der Waals surface area contributed by atoms with Crippen molar-refractivity contribution in [1.29, 1.82) is 0 Å². The van der Waals surface area contributed by atoms with Crippen LogP contribution in [0.25, 0.3) is 0 Å². The molecule has 4 nitrogen and oxygen atoms in total. The van der Waals surface area contributed by atoms with Crippen LogP contribution in [0.2, 0.25) is 0 Å². The minimum absolute atomic E-state index is 0.0223. The molecule has 0 aromatic heterocycles. The fraction of sp³-hybridized carbons (Fsp3) is 0.692. The van der Waals surface area contributed by atoms with Crippen LogP contribution in [0.1, 0.15) is 33.6 Å². The molecule has 4 heteroatoms. The number of nitrogens with zero attached hydrogens (tertiary/aromatic N) is 1. The molecule has 1 atom stereocenters. The maximum absolute atomic E-state index is 12.0. The summed E-state index contributed by atoms with van der Waals surface area (Å²) in [7, 11) is 0. The van der Waals surface area contributed by atoms with Gasteiger partial charge in [-0.05, 0) is 38.6 Å². The normalized spacial score (nSPS) is 30.4. The first kappa shape index (κ1) is 12.3. The zero-order chi connectivity index (χ0) is 12.6. The molecule has 2 heterocycles. The van der Waals surface area contributed by atoms with Crippen molar-refractivity contribution in [2.45, 2.75) is 33.6 Å². The molecule has 0 radical (unpaired) electrons. The minimum atomic E-state index is -0.112. The van der Waals surface area contributed by atoms with E-state index in [1.165, 1.54) is 4.90 Å². The Labute approximate surface area is 102 Å². The second-order valence-electron chi connectivity index (χ2n) is 5.54. The van der Waals surface area contributed by atoms with Crippen LogP contribution in [0.3, 0.4) is 0 Å². The maximum atomic E-state index is 12.0. The Hall–Kier alpha value is -1.16. The van der Waals surface area contributed by atoms with E-state index in [1.807, 2.05) is 0 Å². The van der Waals surface area contributed by atoms with E-state index in [2.05, 4.69) is 12.2 Å². The third-order valence-corrected chi connectivity index (χ3v) is 3.92. The van der Waals surface area contributed by atoms with Gasteiger partial charge < -0.3 is 5.32 Å². The Morgan fingerprint density at radius 3 is 2.29 bits per heavy atom. The highest BCUT2D eigenvalue weighted by Gasteiger charge is 2.38. The van der Waals surface area contributed by atoms with Gasteiger partial charge in [0.15, 0.2) is 0 Å². The highest BCUT2D eigenvalue weighted by Crippen LogP contribution is 2.30. The number of nitrogens with one attached hydrogen (secondary N) is 1. The van der Waals surface area contributed by atoms with Crippen LogP contribution >= 0.6 is 0 Å². The van der Waals surface area contributed by atoms with Gasteiger partial charge in [-0.3, -0.25) is 14.5 Å². The number of imide groups is 1. The Morgan fingerprint density at radius 1 is 1.24 bits per heavy atom. The van der Waals surface area contributed by atoms with Crippen molar-refractivity contribution < 1.29 is 9.59 Å². The van der Waals surface area contributed by atoms with E-state index in [0.29, 0.717) is 17.7 Å². The van der Waals surface area contributed by atoms with Crippen molar-refractivity contribution >= 4 is 11.8 Å². The molecule has 94 valence electrons. The summed E-state index contributed by atoms with van der Waals surface area (Å²) in [6.45, 7) is 8.05. The average molecular weight is 236 g/mol. The standard InChI is InChI=1S/C13H20N2O2/c1-9-10(2)12(17)15(11(9)16)8-13(3)5-4-6-14-7-13/h14H,4-8H2,1-3H3. The van der Waals surface area contributed by atoms with E-state index in [0.717, 1.165) is 25.9 Å². The summed E-state index contributed by atoms with van der Waals surface area (Å²) in [5.74, 6) is -0.224. The monoisotopic (exact) mass is 236 g/mol. The fourth-order valence-corrected chi connectivity index (χ4v) is 2.60. The molecule has 0 aromatic carbocycles. The first-order chi connectivity index (χ1) is 7.94. The van der Waals surface area contributed by atoms with Gasteiger partial charge in [0.05, 0.1) is 0 Å². The summed E-state index contributed by atoms with van der Waals surface area (Å²) in [5, 5.41) is 3.34. The molecule has 1 fully saturated rings. The van der Waals surface area contributed by atoms with Crippen molar-refractivity contribution in [3.8, 4) is 0 Å². The van der Waals surface area contributed by atoms with Crippen molar-refractivity contribution in [1.82, 2.24) is 10.2 Å². The molecular weight excluding hydrogens is 216 g/mol. The highest BCUT2D eigenvalue weighted by atomic mass is 16.2. The van der Waals surface area contributed by atoms with Crippen LogP contribution in [0.5, 0.6) is 0 Å². The first-order valence-corrected chi connectivity index (χ1v) is 6.19. The van der Waals surface area contributed by atoms with E-state index in [4.69, 9.17) is 0 Å². The van der Waals surface area contributed by atoms with E-state index < -0.39 is 0 Å². The second-order valence-corrected chi connectivity index (χ2v) is 5.54. The largest absolute Gasteiger partial charge is 0.316 e. The highest BCUT2D eigenvalue weighted by molar-refractivity contribution is 6.18. The summed E-state index contributed by atoms with van der Waals surface area (Å²) in [4.78, 5) is 25.4. The van der Waals surface area contributed by atoms with Crippen LogP contribution in [-0.2, 0) is 9.59 Å². The third-order valence-electron chi connectivity index (χ3n) is 3.92. The van der Waals surface area contributed by atoms with Gasteiger partial charge in [-0.2, -0.15) is 0 Å². The Bertz CT molecular complexity index is 368. The molecule has 17 heavy (non-hydrogen) atoms. The number of hydrogen-bond donors (Lipinski definition) is 1. The van der Waals surface area contributed by atoms with Gasteiger partial charge in [-0.25, -0.2) is 0 Å². The maximum Gasteiger partial charge on any atom is 0.256 e. The van der Waals surface area contributed by atoms with Crippen LogP contribution in [0, 0.1) is 5.41 Å². The van der Waals surface area contributed by atoms with Gasteiger partial charge in [0.2, 0.25) is 0 Å². The summed E-state index contributed by atoms with van der Waals surface area (Å²) in [6, 6.07) is 0. The molecule has 1 unspecified atom stereocenters. The van der Waals surface area contributed by atoms with Gasteiger partial charge in [0, 0.05) is 24.2 Å². The summed E-state index contributed by atoms with van der Waals surface area (Å²) < 4.78 is 0. The Balaban J connectivity index is 2.10. The molecule has 0 bridgehead atoms. The van der Waals surface area contributed by atoms with Gasteiger partial charge >= 0.3 is 0 Å². The molecule has 0 aliphatic carbocycles. The molecule has 1 N–H and O–H groups in total. The van der Waals surface area contributed by atoms with E-state index in [9.17, 15) is 9.59 Å². The molecule has 2 aliphatic heterocycles. The zero-order valence-electron chi connectivity index (χ0n) is 10.8. The lowest BCUT2D eigenvalue weighted by molar-refractivity contribution is -0.139.